The van der Waals surface area contributed by atoms with Crippen molar-refractivity contribution in [2.75, 3.05) is 6.61 Å². The maximum Gasteiger partial charge on any atom is 0.122 e. The largest absolute Gasteiger partial charge is 0.494 e. The third-order valence-electron chi connectivity index (χ3n) is 2.68. The van der Waals surface area contributed by atoms with E-state index in [9.17, 15) is 5.11 Å². The Balaban J connectivity index is 2.34. The molecule has 18 heavy (non-hydrogen) atoms. The molecule has 1 heterocycles. The van der Waals surface area contributed by atoms with Gasteiger partial charge in [-0.15, -0.1) is 0 Å². The average Bonchev–Trinajstić information content (AvgIpc) is 2.69. The number of hydrogen-bond acceptors (Lipinski definition) is 3. The van der Waals surface area contributed by atoms with E-state index in [1.54, 1.807) is 17.8 Å². The number of ether oxygens (including phenoxy) is 1. The summed E-state index contributed by atoms with van der Waals surface area (Å²) in [6.45, 7) is 2.51. The highest BCUT2D eigenvalue weighted by atomic mass is 35.5. The van der Waals surface area contributed by atoms with Crippen LogP contribution >= 0.6 is 11.6 Å². The molecule has 1 N–H and O–H groups in total. The van der Waals surface area contributed by atoms with Gasteiger partial charge in [0.25, 0.3) is 0 Å². The second-order valence-corrected chi connectivity index (χ2v) is 4.32. The van der Waals surface area contributed by atoms with Gasteiger partial charge < -0.3 is 9.84 Å². The van der Waals surface area contributed by atoms with E-state index in [0.717, 1.165) is 11.3 Å². The summed E-state index contributed by atoms with van der Waals surface area (Å²) in [4.78, 5) is 0. The van der Waals surface area contributed by atoms with Crippen LogP contribution in [0.3, 0.4) is 0 Å². The lowest BCUT2D eigenvalue weighted by Gasteiger charge is -2.13. The van der Waals surface area contributed by atoms with E-state index in [0.29, 0.717) is 17.3 Å². The number of aryl methyl sites for hydroxylation is 1. The molecule has 0 saturated heterocycles. The van der Waals surface area contributed by atoms with Crippen LogP contribution in [0.2, 0.25) is 5.02 Å². The van der Waals surface area contributed by atoms with E-state index in [-0.39, 0.29) is 0 Å². The lowest BCUT2D eigenvalue weighted by Crippen LogP contribution is -2.07. The van der Waals surface area contributed by atoms with E-state index in [2.05, 4.69) is 5.10 Å². The van der Waals surface area contributed by atoms with Gasteiger partial charge in [0, 0.05) is 7.05 Å². The van der Waals surface area contributed by atoms with Crippen molar-refractivity contribution in [3.05, 3.63) is 46.7 Å². The quantitative estimate of drug-likeness (QED) is 0.925. The van der Waals surface area contributed by atoms with Gasteiger partial charge in [-0.2, -0.15) is 5.10 Å². The van der Waals surface area contributed by atoms with Crippen LogP contribution in [-0.4, -0.2) is 21.5 Å². The maximum atomic E-state index is 10.3. The molecule has 1 aromatic heterocycles. The molecular weight excluding hydrogens is 252 g/mol. The molecule has 1 aromatic carbocycles. The van der Waals surface area contributed by atoms with Crippen LogP contribution in [0, 0.1) is 0 Å². The Bertz CT molecular complexity index is 520. The highest BCUT2D eigenvalue weighted by Gasteiger charge is 2.18. The number of aromatic nitrogens is 2. The number of hydrogen-bond donors (Lipinski definition) is 1. The summed E-state index contributed by atoms with van der Waals surface area (Å²) < 4.78 is 6.98. The summed E-state index contributed by atoms with van der Waals surface area (Å²) >= 11 is 6.02. The van der Waals surface area contributed by atoms with Crippen molar-refractivity contribution >= 4 is 11.6 Å². The fourth-order valence-electron chi connectivity index (χ4n) is 1.83. The van der Waals surface area contributed by atoms with Gasteiger partial charge in [-0.1, -0.05) is 23.7 Å². The van der Waals surface area contributed by atoms with Crippen molar-refractivity contribution in [3.8, 4) is 5.75 Å². The minimum Gasteiger partial charge on any atom is -0.494 e. The molecule has 0 spiro atoms. The first-order valence-corrected chi connectivity index (χ1v) is 6.09. The first-order chi connectivity index (χ1) is 8.63. The molecule has 2 aromatic rings. The van der Waals surface area contributed by atoms with Crippen molar-refractivity contribution in [1.82, 2.24) is 9.78 Å². The second-order valence-electron chi connectivity index (χ2n) is 3.91. The fourth-order valence-corrected chi connectivity index (χ4v) is 2.10. The van der Waals surface area contributed by atoms with E-state index in [1.807, 2.05) is 25.1 Å². The lowest BCUT2D eigenvalue weighted by molar-refractivity contribution is 0.209. The molecule has 0 bridgehead atoms. The first-order valence-electron chi connectivity index (χ1n) is 5.71. The van der Waals surface area contributed by atoms with Crippen LogP contribution in [0.4, 0.5) is 0 Å². The molecule has 0 saturated carbocycles. The predicted octanol–water partition coefficient (Wildman–Crippen LogP) is 2.55. The van der Waals surface area contributed by atoms with Crippen molar-refractivity contribution in [3.63, 3.8) is 0 Å². The number of nitrogens with zero attached hydrogens (tertiary/aromatic N) is 2. The van der Waals surface area contributed by atoms with Gasteiger partial charge >= 0.3 is 0 Å². The molecule has 0 aliphatic carbocycles. The minimum absolute atomic E-state index is 0.451. The normalized spacial score (nSPS) is 12.4. The minimum atomic E-state index is -0.814. The summed E-state index contributed by atoms with van der Waals surface area (Å²) in [7, 11) is 1.75. The Hall–Kier alpha value is -1.52. The Morgan fingerprint density at radius 1 is 1.50 bits per heavy atom. The van der Waals surface area contributed by atoms with Gasteiger partial charge in [0.1, 0.15) is 11.9 Å². The molecule has 4 nitrogen and oxygen atoms in total. The van der Waals surface area contributed by atoms with E-state index in [1.165, 1.54) is 6.20 Å². The Kier molecular flexibility index (Phi) is 3.89. The van der Waals surface area contributed by atoms with E-state index in [4.69, 9.17) is 16.3 Å². The molecule has 0 amide bonds. The molecule has 1 atom stereocenters. The molecule has 0 aliphatic heterocycles. The molecule has 0 aliphatic rings. The van der Waals surface area contributed by atoms with Crippen LogP contribution in [0.25, 0.3) is 0 Å². The molecule has 0 radical (unpaired) electrons. The van der Waals surface area contributed by atoms with Crippen LogP contribution < -0.4 is 4.74 Å². The van der Waals surface area contributed by atoms with Crippen molar-refractivity contribution in [2.24, 2.45) is 7.05 Å². The van der Waals surface area contributed by atoms with Gasteiger partial charge in [0.15, 0.2) is 0 Å². The summed E-state index contributed by atoms with van der Waals surface area (Å²) in [5.41, 5.74) is 1.30. The molecule has 96 valence electrons. The molecule has 1 unspecified atom stereocenters. The number of halogens is 1. The number of benzene rings is 1. The van der Waals surface area contributed by atoms with Crippen LogP contribution in [0.1, 0.15) is 24.3 Å². The summed E-state index contributed by atoms with van der Waals surface area (Å²) in [5, 5.41) is 14.8. The van der Waals surface area contributed by atoms with Crippen LogP contribution in [-0.2, 0) is 7.05 Å². The van der Waals surface area contributed by atoms with E-state index < -0.39 is 6.10 Å². The van der Waals surface area contributed by atoms with Gasteiger partial charge in [0.05, 0.1) is 23.5 Å². The summed E-state index contributed by atoms with van der Waals surface area (Å²) in [6, 6.07) is 7.33. The fraction of sp³-hybridized carbons (Fsp3) is 0.308. The SMILES string of the molecule is CCOc1cccc(C(O)c2c(Cl)cnn2C)c1. The lowest BCUT2D eigenvalue weighted by atomic mass is 10.1. The Morgan fingerprint density at radius 3 is 2.89 bits per heavy atom. The van der Waals surface area contributed by atoms with Gasteiger partial charge in [0.2, 0.25) is 0 Å². The topological polar surface area (TPSA) is 47.3 Å². The van der Waals surface area contributed by atoms with Crippen molar-refractivity contribution in [1.29, 1.82) is 0 Å². The molecule has 5 heteroatoms. The zero-order chi connectivity index (χ0) is 13.1. The second kappa shape index (κ2) is 5.42. The highest BCUT2D eigenvalue weighted by molar-refractivity contribution is 6.31. The maximum absolute atomic E-state index is 10.3. The molecule has 2 rings (SSSR count). The van der Waals surface area contributed by atoms with E-state index >= 15 is 0 Å². The smallest absolute Gasteiger partial charge is 0.122 e. The van der Waals surface area contributed by atoms with Crippen molar-refractivity contribution in [2.45, 2.75) is 13.0 Å². The highest BCUT2D eigenvalue weighted by Crippen LogP contribution is 2.29. The standard InChI is InChI=1S/C13H15ClN2O2/c1-3-18-10-6-4-5-9(7-10)13(17)12-11(14)8-15-16(12)2/h4-8,13,17H,3H2,1-2H3. The number of aliphatic hydroxyl groups is 1. The number of rotatable bonds is 4. The monoisotopic (exact) mass is 266 g/mol. The van der Waals surface area contributed by atoms with Gasteiger partial charge in [-0.3, -0.25) is 4.68 Å². The first kappa shape index (κ1) is 12.9. The zero-order valence-corrected chi connectivity index (χ0v) is 11.1. The molecular formula is C13H15ClN2O2. The summed E-state index contributed by atoms with van der Waals surface area (Å²) in [5.74, 6) is 0.729. The van der Waals surface area contributed by atoms with Crippen molar-refractivity contribution < 1.29 is 9.84 Å². The third-order valence-corrected chi connectivity index (χ3v) is 2.97. The predicted molar refractivity (Wildman–Crippen MR) is 69.9 cm³/mol. The average molecular weight is 267 g/mol. The van der Waals surface area contributed by atoms with Gasteiger partial charge in [-0.25, -0.2) is 0 Å². The molecule has 0 fully saturated rings. The zero-order valence-electron chi connectivity index (χ0n) is 10.3. The van der Waals surface area contributed by atoms with Crippen LogP contribution in [0.15, 0.2) is 30.5 Å². The Morgan fingerprint density at radius 2 is 2.28 bits per heavy atom. The summed E-state index contributed by atoms with van der Waals surface area (Å²) in [6.07, 6.45) is 0.706. The van der Waals surface area contributed by atoms with Crippen LogP contribution in [0.5, 0.6) is 5.75 Å². The van der Waals surface area contributed by atoms with Gasteiger partial charge in [-0.05, 0) is 24.6 Å². The Labute approximate surface area is 111 Å². The third kappa shape index (κ3) is 2.49. The number of aliphatic hydroxyl groups excluding tert-OH is 1.